The number of rotatable bonds is 6. The minimum Gasteiger partial charge on any atom is -0.396 e. The Morgan fingerprint density at radius 3 is 2.71 bits per heavy atom. The zero-order valence-electron chi connectivity index (χ0n) is 9.88. The Labute approximate surface area is 101 Å². The van der Waals surface area contributed by atoms with E-state index in [2.05, 4.69) is 4.98 Å². The molecule has 4 heteroatoms. The molecule has 4 nitrogen and oxygen atoms in total. The summed E-state index contributed by atoms with van der Waals surface area (Å²) in [7, 11) is 0. The van der Waals surface area contributed by atoms with Crippen LogP contribution in [0, 0.1) is 0 Å². The van der Waals surface area contributed by atoms with Crippen molar-refractivity contribution in [2.45, 2.75) is 38.3 Å². The van der Waals surface area contributed by atoms with Gasteiger partial charge >= 0.3 is 0 Å². The molecule has 0 saturated heterocycles. The Bertz CT molecular complexity index is 363. The lowest BCUT2D eigenvalue weighted by atomic mass is 10.2. The van der Waals surface area contributed by atoms with Crippen LogP contribution in [0.5, 0.6) is 0 Å². The summed E-state index contributed by atoms with van der Waals surface area (Å²) in [6.07, 6.45) is 6.71. The van der Waals surface area contributed by atoms with Crippen molar-refractivity contribution in [1.29, 1.82) is 0 Å². The SMILES string of the molecule is O=C(CCCO)N(Cc1ccncc1)C1CC1. The van der Waals surface area contributed by atoms with Crippen molar-refractivity contribution in [1.82, 2.24) is 9.88 Å². The number of nitrogens with zero attached hydrogens (tertiary/aromatic N) is 2. The summed E-state index contributed by atoms with van der Waals surface area (Å²) in [6.45, 7) is 0.747. The first-order chi connectivity index (χ1) is 8.31. The van der Waals surface area contributed by atoms with Gasteiger partial charge < -0.3 is 10.0 Å². The van der Waals surface area contributed by atoms with Gasteiger partial charge in [0.15, 0.2) is 0 Å². The third kappa shape index (κ3) is 3.53. The summed E-state index contributed by atoms with van der Waals surface area (Å²) >= 11 is 0. The first kappa shape index (κ1) is 12.0. The average Bonchev–Trinajstić information content (AvgIpc) is 3.18. The number of aliphatic hydroxyl groups is 1. The molecule has 0 bridgehead atoms. The van der Waals surface area contributed by atoms with Crippen LogP contribution in [0.2, 0.25) is 0 Å². The predicted molar refractivity (Wildman–Crippen MR) is 64.1 cm³/mol. The Balaban J connectivity index is 1.95. The minimum atomic E-state index is 0.0828. The zero-order valence-corrected chi connectivity index (χ0v) is 9.88. The Morgan fingerprint density at radius 2 is 2.12 bits per heavy atom. The summed E-state index contributed by atoms with van der Waals surface area (Å²) in [6, 6.07) is 4.29. The quantitative estimate of drug-likeness (QED) is 0.808. The van der Waals surface area contributed by atoms with Crippen LogP contribution in [0.3, 0.4) is 0 Å². The molecule has 1 fully saturated rings. The second-order valence-electron chi connectivity index (χ2n) is 4.44. The van der Waals surface area contributed by atoms with Gasteiger partial charge in [0.1, 0.15) is 0 Å². The van der Waals surface area contributed by atoms with Crippen molar-refractivity contribution in [2.75, 3.05) is 6.61 Å². The number of pyridine rings is 1. The minimum absolute atomic E-state index is 0.0828. The lowest BCUT2D eigenvalue weighted by molar-refractivity contribution is -0.132. The number of carbonyl (C=O) groups excluding carboxylic acids is 1. The Morgan fingerprint density at radius 1 is 1.41 bits per heavy atom. The number of hydrogen-bond acceptors (Lipinski definition) is 3. The van der Waals surface area contributed by atoms with E-state index in [0.29, 0.717) is 25.4 Å². The first-order valence-corrected chi connectivity index (χ1v) is 6.10. The molecule has 1 heterocycles. The van der Waals surface area contributed by atoms with Crippen LogP contribution >= 0.6 is 0 Å². The molecule has 1 saturated carbocycles. The molecule has 17 heavy (non-hydrogen) atoms. The second kappa shape index (κ2) is 5.77. The summed E-state index contributed by atoms with van der Waals surface area (Å²) in [5.41, 5.74) is 1.12. The van der Waals surface area contributed by atoms with Gasteiger partial charge in [-0.25, -0.2) is 0 Å². The largest absolute Gasteiger partial charge is 0.396 e. The zero-order chi connectivity index (χ0) is 12.1. The summed E-state index contributed by atoms with van der Waals surface area (Å²) in [5.74, 6) is 0.151. The van der Waals surface area contributed by atoms with Gasteiger partial charge in [-0.2, -0.15) is 0 Å². The molecule has 0 spiro atoms. The maximum absolute atomic E-state index is 12.0. The molecule has 0 unspecified atom stereocenters. The van der Waals surface area contributed by atoms with Crippen molar-refractivity contribution in [3.8, 4) is 0 Å². The third-order valence-corrected chi connectivity index (χ3v) is 2.96. The van der Waals surface area contributed by atoms with E-state index < -0.39 is 0 Å². The van der Waals surface area contributed by atoms with Crippen molar-refractivity contribution in [3.05, 3.63) is 30.1 Å². The van der Waals surface area contributed by atoms with Gasteiger partial charge in [-0.1, -0.05) is 0 Å². The fourth-order valence-electron chi connectivity index (χ4n) is 1.87. The van der Waals surface area contributed by atoms with Crippen LogP contribution in [-0.4, -0.2) is 33.5 Å². The third-order valence-electron chi connectivity index (χ3n) is 2.96. The highest BCUT2D eigenvalue weighted by molar-refractivity contribution is 5.76. The van der Waals surface area contributed by atoms with E-state index in [4.69, 9.17) is 5.11 Å². The predicted octanol–water partition coefficient (Wildman–Crippen LogP) is 1.35. The van der Waals surface area contributed by atoms with E-state index in [1.54, 1.807) is 12.4 Å². The molecule has 0 atom stereocenters. The highest BCUT2D eigenvalue weighted by atomic mass is 16.3. The van der Waals surface area contributed by atoms with Gasteiger partial charge in [0.05, 0.1) is 0 Å². The van der Waals surface area contributed by atoms with E-state index in [0.717, 1.165) is 18.4 Å². The van der Waals surface area contributed by atoms with Gasteiger partial charge in [-0.3, -0.25) is 9.78 Å². The van der Waals surface area contributed by atoms with Crippen molar-refractivity contribution < 1.29 is 9.90 Å². The molecule has 1 N–H and O–H groups in total. The molecule has 1 aliphatic rings. The highest BCUT2D eigenvalue weighted by Crippen LogP contribution is 2.29. The molecule has 0 aliphatic heterocycles. The van der Waals surface area contributed by atoms with Gasteiger partial charge in [0.2, 0.25) is 5.91 Å². The standard InChI is InChI=1S/C13H18N2O2/c16-9-1-2-13(17)15(12-3-4-12)10-11-5-7-14-8-6-11/h5-8,12,16H,1-4,9-10H2. The molecule has 1 amide bonds. The molecule has 2 rings (SSSR count). The van der Waals surface area contributed by atoms with E-state index in [9.17, 15) is 4.79 Å². The number of aromatic nitrogens is 1. The van der Waals surface area contributed by atoms with Gasteiger partial charge in [0, 0.05) is 38.0 Å². The maximum atomic E-state index is 12.0. The van der Waals surface area contributed by atoms with Crippen LogP contribution in [0.15, 0.2) is 24.5 Å². The smallest absolute Gasteiger partial charge is 0.223 e. The summed E-state index contributed by atoms with van der Waals surface area (Å²) < 4.78 is 0. The van der Waals surface area contributed by atoms with Crippen LogP contribution in [0.4, 0.5) is 0 Å². The summed E-state index contributed by atoms with van der Waals surface area (Å²) in [5, 5.41) is 8.76. The normalized spacial score (nSPS) is 14.6. The fraction of sp³-hybridized carbons (Fsp3) is 0.538. The number of carbonyl (C=O) groups is 1. The Kier molecular flexibility index (Phi) is 4.09. The van der Waals surface area contributed by atoms with Crippen LogP contribution in [-0.2, 0) is 11.3 Å². The Hall–Kier alpha value is -1.42. The number of hydrogen-bond donors (Lipinski definition) is 1. The highest BCUT2D eigenvalue weighted by Gasteiger charge is 2.31. The molecular weight excluding hydrogens is 216 g/mol. The van der Waals surface area contributed by atoms with Crippen molar-refractivity contribution in [3.63, 3.8) is 0 Å². The molecule has 0 radical (unpaired) electrons. The number of aliphatic hydroxyl groups excluding tert-OH is 1. The molecule has 0 aromatic carbocycles. The number of amides is 1. The van der Waals surface area contributed by atoms with Crippen LogP contribution in [0.25, 0.3) is 0 Å². The van der Waals surface area contributed by atoms with Crippen molar-refractivity contribution >= 4 is 5.91 Å². The molecular formula is C13H18N2O2. The molecule has 1 aromatic heterocycles. The topological polar surface area (TPSA) is 53.4 Å². The van der Waals surface area contributed by atoms with Crippen LogP contribution < -0.4 is 0 Å². The molecule has 1 aromatic rings. The monoisotopic (exact) mass is 234 g/mol. The molecule has 1 aliphatic carbocycles. The summed E-state index contributed by atoms with van der Waals surface area (Å²) in [4.78, 5) is 17.9. The van der Waals surface area contributed by atoms with Crippen molar-refractivity contribution in [2.24, 2.45) is 0 Å². The first-order valence-electron chi connectivity index (χ1n) is 6.10. The van der Waals surface area contributed by atoms with E-state index >= 15 is 0 Å². The molecule has 92 valence electrons. The van der Waals surface area contributed by atoms with Gasteiger partial charge in [-0.15, -0.1) is 0 Å². The van der Waals surface area contributed by atoms with E-state index in [-0.39, 0.29) is 12.5 Å². The van der Waals surface area contributed by atoms with E-state index in [1.807, 2.05) is 17.0 Å². The lowest BCUT2D eigenvalue weighted by Gasteiger charge is -2.22. The fourth-order valence-corrected chi connectivity index (χ4v) is 1.87. The van der Waals surface area contributed by atoms with Gasteiger partial charge in [-0.05, 0) is 37.0 Å². The maximum Gasteiger partial charge on any atom is 0.223 e. The lowest BCUT2D eigenvalue weighted by Crippen LogP contribution is -2.32. The van der Waals surface area contributed by atoms with E-state index in [1.165, 1.54) is 0 Å². The second-order valence-corrected chi connectivity index (χ2v) is 4.44. The van der Waals surface area contributed by atoms with Crippen LogP contribution in [0.1, 0.15) is 31.2 Å². The van der Waals surface area contributed by atoms with Gasteiger partial charge in [0.25, 0.3) is 0 Å². The average molecular weight is 234 g/mol.